The van der Waals surface area contributed by atoms with E-state index in [1.807, 2.05) is 0 Å². The van der Waals surface area contributed by atoms with E-state index in [0.717, 1.165) is 25.9 Å². The molecule has 0 radical (unpaired) electrons. The number of hydrogen-bond donors (Lipinski definition) is 3. The Morgan fingerprint density at radius 2 is 1.90 bits per heavy atom. The zero-order valence-corrected chi connectivity index (χ0v) is 23.8. The van der Waals surface area contributed by atoms with E-state index in [2.05, 4.69) is 27.5 Å². The average molecular weight is 587 g/mol. The summed E-state index contributed by atoms with van der Waals surface area (Å²) in [6, 6.07) is 9.15. The maximum absolute atomic E-state index is 14.0. The van der Waals surface area contributed by atoms with Gasteiger partial charge in [-0.05, 0) is 77.0 Å². The smallest absolute Gasteiger partial charge is 0.421 e. The van der Waals surface area contributed by atoms with Gasteiger partial charge in [0.15, 0.2) is 5.60 Å². The van der Waals surface area contributed by atoms with Crippen molar-refractivity contribution in [2.45, 2.75) is 51.4 Å². The van der Waals surface area contributed by atoms with Crippen molar-refractivity contribution in [2.75, 3.05) is 25.5 Å². The Morgan fingerprint density at radius 3 is 2.55 bits per heavy atom. The highest BCUT2D eigenvalue weighted by Gasteiger charge is 2.43. The minimum Gasteiger partial charge on any atom is -0.495 e. The zero-order valence-electron chi connectivity index (χ0n) is 23.8. The molecule has 2 aromatic carbocycles. The minimum atomic E-state index is -4.86. The molecule has 224 valence electrons. The first-order valence-corrected chi connectivity index (χ1v) is 13.3. The molecule has 0 aliphatic carbocycles. The second-order valence-electron chi connectivity index (χ2n) is 10.3. The van der Waals surface area contributed by atoms with E-state index >= 15 is 0 Å². The number of anilines is 1. The number of Topliss-reactive ketones (excluding diaryl/α,β-unsaturated/α-hetero) is 1. The van der Waals surface area contributed by atoms with Crippen LogP contribution in [0.2, 0.25) is 0 Å². The van der Waals surface area contributed by atoms with Crippen LogP contribution in [0.25, 0.3) is 0 Å². The molecule has 0 unspecified atom stereocenters. The maximum atomic E-state index is 14.0. The number of ether oxygens (including phenoxy) is 3. The molecule has 9 nitrogen and oxygen atoms in total. The summed E-state index contributed by atoms with van der Waals surface area (Å²) in [5.41, 5.74) is -1.71. The Labute approximate surface area is 241 Å². The summed E-state index contributed by atoms with van der Waals surface area (Å²) in [6.45, 7) is 9.49. The molecule has 0 aromatic heterocycles. The largest absolute Gasteiger partial charge is 0.495 e. The monoisotopic (exact) mass is 586 g/mol. The molecular formula is C30H33F3N4O5. The number of ketones is 1. The van der Waals surface area contributed by atoms with Crippen LogP contribution in [0.4, 0.5) is 18.9 Å². The molecule has 0 saturated carbocycles. The molecule has 2 aliphatic rings. The molecule has 3 N–H and O–H groups in total. The third-order valence-corrected chi connectivity index (χ3v) is 6.80. The Balaban J connectivity index is 1.63. The van der Waals surface area contributed by atoms with Gasteiger partial charge >= 0.3 is 6.18 Å². The number of piperidine rings is 1. The predicted octanol–water partition coefficient (Wildman–Crippen LogP) is 5.40. The highest BCUT2D eigenvalue weighted by atomic mass is 19.4. The van der Waals surface area contributed by atoms with Crippen molar-refractivity contribution in [3.05, 3.63) is 71.6 Å². The number of allylic oxidation sites excluding steroid dienone is 2. The average Bonchev–Trinajstić information content (AvgIpc) is 3.17. The number of amidine groups is 1. The van der Waals surface area contributed by atoms with Crippen molar-refractivity contribution in [1.82, 2.24) is 10.6 Å². The van der Waals surface area contributed by atoms with E-state index in [1.165, 1.54) is 38.3 Å². The Morgan fingerprint density at radius 1 is 1.19 bits per heavy atom. The summed E-state index contributed by atoms with van der Waals surface area (Å²) in [6.07, 6.45) is -2.62. The van der Waals surface area contributed by atoms with Crippen LogP contribution in [0.1, 0.15) is 54.3 Å². The summed E-state index contributed by atoms with van der Waals surface area (Å²) in [5.74, 6) is -1.18. The van der Waals surface area contributed by atoms with Gasteiger partial charge in [-0.25, -0.2) is 0 Å². The third-order valence-electron chi connectivity index (χ3n) is 6.80. The number of nitrogens with zero attached hydrogens (tertiary/aromatic N) is 1. The second kappa shape index (κ2) is 12.3. The second-order valence-corrected chi connectivity index (χ2v) is 10.3. The van der Waals surface area contributed by atoms with Gasteiger partial charge in [-0.1, -0.05) is 18.7 Å². The van der Waals surface area contributed by atoms with Gasteiger partial charge in [0.25, 0.3) is 5.91 Å². The normalized spacial score (nSPS) is 17.5. The first-order valence-electron chi connectivity index (χ1n) is 13.3. The predicted molar refractivity (Wildman–Crippen MR) is 152 cm³/mol. The number of methoxy groups -OCH3 is 1. The van der Waals surface area contributed by atoms with Crippen molar-refractivity contribution in [1.29, 1.82) is 0 Å². The van der Waals surface area contributed by atoms with Crippen molar-refractivity contribution in [2.24, 2.45) is 4.99 Å². The third kappa shape index (κ3) is 6.76. The summed E-state index contributed by atoms with van der Waals surface area (Å²) in [7, 11) is 1.41. The number of alkyl halides is 3. The quantitative estimate of drug-likeness (QED) is 0.164. The lowest BCUT2D eigenvalue weighted by Gasteiger charge is -2.23. The Kier molecular flexibility index (Phi) is 8.95. The van der Waals surface area contributed by atoms with Gasteiger partial charge in [-0.15, -0.1) is 0 Å². The number of halogens is 3. The molecule has 1 saturated heterocycles. The molecule has 2 aliphatic heterocycles. The fourth-order valence-electron chi connectivity index (χ4n) is 4.64. The molecule has 0 bridgehead atoms. The number of amides is 1. The number of fused-ring (bicyclic) bond motifs is 1. The van der Waals surface area contributed by atoms with Crippen molar-refractivity contribution in [3.63, 3.8) is 0 Å². The zero-order chi connectivity index (χ0) is 30.7. The molecule has 2 aromatic rings. The van der Waals surface area contributed by atoms with Gasteiger partial charge in [-0.2, -0.15) is 18.2 Å². The summed E-state index contributed by atoms with van der Waals surface area (Å²) < 4.78 is 58.7. The van der Waals surface area contributed by atoms with Crippen LogP contribution < -0.4 is 30.2 Å². The Hall–Kier alpha value is -4.32. The molecule has 42 heavy (non-hydrogen) atoms. The van der Waals surface area contributed by atoms with Crippen LogP contribution >= 0.6 is 0 Å². The molecule has 0 spiro atoms. The SMILES string of the molecule is C=C/C(=C(\N=C(/C)Nc1ccc(C(=O)NC2CCNCC2)cc1OC)Oc1cccc2c1C(=O)C(C)(C)O2)C(F)(F)F. The first-order chi connectivity index (χ1) is 19.8. The van der Waals surface area contributed by atoms with E-state index in [4.69, 9.17) is 14.2 Å². The van der Waals surface area contributed by atoms with Crippen LogP contribution in [0, 0.1) is 0 Å². The molecule has 1 amide bonds. The van der Waals surface area contributed by atoms with Gasteiger partial charge in [0.1, 0.15) is 34.2 Å². The van der Waals surface area contributed by atoms with Gasteiger partial charge in [0, 0.05) is 11.6 Å². The highest BCUT2D eigenvalue weighted by Crippen LogP contribution is 2.42. The van der Waals surface area contributed by atoms with Crippen molar-refractivity contribution in [3.8, 4) is 17.2 Å². The first kappa shape index (κ1) is 30.6. The number of benzene rings is 2. The summed E-state index contributed by atoms with van der Waals surface area (Å²) in [5, 5.41) is 9.15. The van der Waals surface area contributed by atoms with Gasteiger partial charge in [0.2, 0.25) is 11.7 Å². The van der Waals surface area contributed by atoms with E-state index in [1.54, 1.807) is 26.0 Å². The number of carbonyl (C=O) groups is 2. The maximum Gasteiger partial charge on any atom is 0.421 e. The fourth-order valence-corrected chi connectivity index (χ4v) is 4.64. The molecular weight excluding hydrogens is 553 g/mol. The summed E-state index contributed by atoms with van der Waals surface area (Å²) >= 11 is 0. The number of hydrogen-bond acceptors (Lipinski definition) is 7. The van der Waals surface area contributed by atoms with E-state index < -0.39 is 29.0 Å². The molecule has 0 atom stereocenters. The van der Waals surface area contributed by atoms with Gasteiger partial charge in [-0.3, -0.25) is 9.59 Å². The molecule has 4 rings (SSSR count). The van der Waals surface area contributed by atoms with E-state index in [9.17, 15) is 22.8 Å². The summed E-state index contributed by atoms with van der Waals surface area (Å²) in [4.78, 5) is 29.8. The lowest BCUT2D eigenvalue weighted by atomic mass is 9.99. The topological polar surface area (TPSA) is 110 Å². The minimum absolute atomic E-state index is 0.00860. The van der Waals surface area contributed by atoms with Gasteiger partial charge in [0.05, 0.1) is 12.8 Å². The van der Waals surface area contributed by atoms with Crippen molar-refractivity contribution >= 4 is 23.2 Å². The van der Waals surface area contributed by atoms with Crippen molar-refractivity contribution < 1.29 is 37.0 Å². The lowest BCUT2D eigenvalue weighted by Crippen LogP contribution is -2.42. The molecule has 2 heterocycles. The standard InChI is InChI=1S/C30H33F3N4O5/c1-6-20(30(31,32)33)28(41-22-8-7-9-23-25(22)26(38)29(3,4)42-23)36-17(2)35-21-11-10-18(16-24(21)40-5)27(39)37-19-12-14-34-15-13-19/h6-11,16,19,34H,1,12-15H2,2-5H3,(H,35,36)(H,37,39)/b28-20-. The van der Waals surface area contributed by atoms with Crippen LogP contribution in [-0.4, -0.2) is 55.5 Å². The number of nitrogens with one attached hydrogen (secondary N) is 3. The molecule has 12 heteroatoms. The number of aliphatic imine (C=N–C) groups is 1. The number of carbonyl (C=O) groups excluding carboxylic acids is 2. The van der Waals surface area contributed by atoms with Crippen LogP contribution in [0.3, 0.4) is 0 Å². The Bertz CT molecular complexity index is 1440. The highest BCUT2D eigenvalue weighted by molar-refractivity contribution is 6.09. The lowest BCUT2D eigenvalue weighted by molar-refractivity contribution is -0.0905. The van der Waals surface area contributed by atoms with E-state index in [0.29, 0.717) is 17.3 Å². The van der Waals surface area contributed by atoms with Crippen LogP contribution in [-0.2, 0) is 0 Å². The van der Waals surface area contributed by atoms with Crippen LogP contribution in [0.5, 0.6) is 17.2 Å². The van der Waals surface area contributed by atoms with E-state index in [-0.39, 0.29) is 40.6 Å². The van der Waals surface area contributed by atoms with Crippen LogP contribution in [0.15, 0.2) is 65.5 Å². The van der Waals surface area contributed by atoms with Gasteiger partial charge < -0.3 is 30.2 Å². The number of rotatable bonds is 8. The fraction of sp³-hybridized carbons (Fsp3) is 0.367. The molecule has 1 fully saturated rings.